The molecular weight excluding hydrogens is 359 g/mol. The number of alkyl halides is 7. The van der Waals surface area contributed by atoms with Crippen molar-refractivity contribution in [2.24, 2.45) is 5.92 Å². The number of halogens is 7. The molecule has 1 heterocycles. The maximum Gasteiger partial charge on any atom is 0.460 e. The molecule has 0 atom stereocenters. The second-order valence-electron chi connectivity index (χ2n) is 5.70. The number of hydrogen-bond acceptors (Lipinski definition) is 3. The van der Waals surface area contributed by atoms with Gasteiger partial charge in [0.2, 0.25) is 0 Å². The molecule has 1 fully saturated rings. The molecule has 1 aliphatic heterocycles. The third-order valence-corrected chi connectivity index (χ3v) is 5.67. The van der Waals surface area contributed by atoms with Gasteiger partial charge in [0.25, 0.3) is 5.91 Å². The number of likely N-dealkylation sites (tertiary alicyclic amines) is 1. The van der Waals surface area contributed by atoms with Crippen LogP contribution in [-0.2, 0) is 14.6 Å². The number of carbonyl (C=O) groups is 1. The van der Waals surface area contributed by atoms with Crippen molar-refractivity contribution in [3.05, 3.63) is 0 Å². The standard InChI is InChI=1S/C11H14F7NO3S/c1-6(2)5-23(21,22)7-3-19(4-7)8(20)9(12,13)10(14,15)11(16,17)18/h6-7H,3-5H2,1-2H3. The minimum absolute atomic E-state index is 0.0117. The van der Waals surface area contributed by atoms with Crippen LogP contribution in [0, 0.1) is 5.92 Å². The zero-order valence-electron chi connectivity index (χ0n) is 12.0. The monoisotopic (exact) mass is 373 g/mol. The molecule has 0 spiro atoms. The molecule has 136 valence electrons. The first-order valence-corrected chi connectivity index (χ1v) is 8.09. The highest BCUT2D eigenvalue weighted by molar-refractivity contribution is 7.92. The van der Waals surface area contributed by atoms with Crippen LogP contribution in [0.1, 0.15) is 13.8 Å². The predicted molar refractivity (Wildman–Crippen MR) is 64.9 cm³/mol. The maximum absolute atomic E-state index is 13.2. The van der Waals surface area contributed by atoms with Gasteiger partial charge in [-0.25, -0.2) is 8.42 Å². The van der Waals surface area contributed by atoms with E-state index < -0.39 is 52.1 Å². The summed E-state index contributed by atoms with van der Waals surface area (Å²) in [6.07, 6.45) is -6.61. The van der Waals surface area contributed by atoms with Crippen molar-refractivity contribution in [3.8, 4) is 0 Å². The summed E-state index contributed by atoms with van der Waals surface area (Å²) in [5.41, 5.74) is 0. The van der Waals surface area contributed by atoms with Crippen LogP contribution in [0.4, 0.5) is 30.7 Å². The first-order chi connectivity index (χ1) is 10.0. The lowest BCUT2D eigenvalue weighted by Gasteiger charge is -2.41. The first-order valence-electron chi connectivity index (χ1n) is 6.37. The van der Waals surface area contributed by atoms with Crippen LogP contribution in [0.25, 0.3) is 0 Å². The van der Waals surface area contributed by atoms with E-state index in [-0.39, 0.29) is 16.6 Å². The van der Waals surface area contributed by atoms with Crippen molar-refractivity contribution in [1.29, 1.82) is 0 Å². The lowest BCUT2D eigenvalue weighted by molar-refractivity contribution is -0.346. The number of nitrogens with zero attached hydrogens (tertiary/aromatic N) is 1. The van der Waals surface area contributed by atoms with Crippen LogP contribution in [0.5, 0.6) is 0 Å². The molecular formula is C11H14F7NO3S. The molecule has 23 heavy (non-hydrogen) atoms. The van der Waals surface area contributed by atoms with Crippen LogP contribution in [-0.4, -0.2) is 61.3 Å². The topological polar surface area (TPSA) is 54.5 Å². The third-order valence-electron chi connectivity index (χ3n) is 3.23. The van der Waals surface area contributed by atoms with E-state index in [1.165, 1.54) is 0 Å². The van der Waals surface area contributed by atoms with Gasteiger partial charge >= 0.3 is 18.0 Å². The summed E-state index contributed by atoms with van der Waals surface area (Å²) in [7, 11) is -3.75. The van der Waals surface area contributed by atoms with E-state index in [4.69, 9.17) is 0 Å². The second-order valence-corrected chi connectivity index (χ2v) is 8.03. The van der Waals surface area contributed by atoms with E-state index in [0.717, 1.165) is 0 Å². The molecule has 1 rings (SSSR count). The van der Waals surface area contributed by atoms with E-state index in [9.17, 15) is 43.9 Å². The molecule has 0 radical (unpaired) electrons. The summed E-state index contributed by atoms with van der Waals surface area (Å²) >= 11 is 0. The molecule has 0 aromatic rings. The molecule has 0 aromatic heterocycles. The van der Waals surface area contributed by atoms with Gasteiger partial charge in [-0.1, -0.05) is 13.8 Å². The zero-order valence-corrected chi connectivity index (χ0v) is 12.8. The van der Waals surface area contributed by atoms with Gasteiger partial charge in [0, 0.05) is 13.1 Å². The quantitative estimate of drug-likeness (QED) is 0.694. The largest absolute Gasteiger partial charge is 0.460 e. The molecule has 0 aromatic carbocycles. The van der Waals surface area contributed by atoms with Gasteiger partial charge in [0.1, 0.15) is 0 Å². The fraction of sp³-hybridized carbons (Fsp3) is 0.909. The van der Waals surface area contributed by atoms with Gasteiger partial charge in [-0.05, 0) is 5.92 Å². The highest BCUT2D eigenvalue weighted by atomic mass is 32.2. The van der Waals surface area contributed by atoms with E-state index in [2.05, 4.69) is 0 Å². The minimum atomic E-state index is -6.61. The minimum Gasteiger partial charge on any atom is -0.335 e. The molecule has 0 bridgehead atoms. The normalized spacial score (nSPS) is 18.3. The highest BCUT2D eigenvalue weighted by Gasteiger charge is 2.77. The van der Waals surface area contributed by atoms with Crippen LogP contribution >= 0.6 is 0 Å². The first kappa shape index (κ1) is 20.0. The molecule has 12 heteroatoms. The van der Waals surface area contributed by atoms with E-state index >= 15 is 0 Å². The summed E-state index contributed by atoms with van der Waals surface area (Å²) in [5.74, 6) is -15.9. The summed E-state index contributed by atoms with van der Waals surface area (Å²) in [6, 6.07) is 0. The summed E-state index contributed by atoms with van der Waals surface area (Å²) in [6.45, 7) is 1.46. The Morgan fingerprint density at radius 3 is 1.87 bits per heavy atom. The van der Waals surface area contributed by atoms with Crippen LogP contribution in [0.3, 0.4) is 0 Å². The Morgan fingerprint density at radius 1 is 1.09 bits per heavy atom. The Kier molecular flexibility index (Phi) is 5.02. The smallest absolute Gasteiger partial charge is 0.335 e. The molecule has 0 saturated carbocycles. The van der Waals surface area contributed by atoms with Gasteiger partial charge in [-0.15, -0.1) is 0 Å². The average molecular weight is 373 g/mol. The number of carbonyl (C=O) groups excluding carboxylic acids is 1. The zero-order chi connectivity index (χ0) is 18.4. The summed E-state index contributed by atoms with van der Waals surface area (Å²) in [5, 5.41) is -1.25. The molecule has 0 aliphatic carbocycles. The fourth-order valence-electron chi connectivity index (χ4n) is 1.94. The molecule has 0 N–H and O–H groups in total. The van der Waals surface area contributed by atoms with Gasteiger partial charge in [-0.2, -0.15) is 30.7 Å². The number of hydrogen-bond donors (Lipinski definition) is 0. The Labute approximate surface area is 127 Å². The SMILES string of the molecule is CC(C)CS(=O)(=O)C1CN(C(=O)C(F)(F)C(F)(F)C(F)(F)F)C1. The lowest BCUT2D eigenvalue weighted by Crippen LogP contribution is -2.66. The van der Waals surface area contributed by atoms with Crippen LogP contribution < -0.4 is 0 Å². The van der Waals surface area contributed by atoms with Gasteiger partial charge in [0.05, 0.1) is 11.0 Å². The lowest BCUT2D eigenvalue weighted by atomic mass is 10.1. The average Bonchev–Trinajstić information content (AvgIpc) is 2.22. The van der Waals surface area contributed by atoms with E-state index in [1.807, 2.05) is 0 Å². The molecule has 1 amide bonds. The molecule has 1 saturated heterocycles. The Balaban J connectivity index is 2.83. The van der Waals surface area contributed by atoms with Gasteiger partial charge in [-0.3, -0.25) is 4.79 Å². The van der Waals surface area contributed by atoms with Crippen molar-refractivity contribution in [2.45, 2.75) is 37.1 Å². The van der Waals surface area contributed by atoms with Gasteiger partial charge < -0.3 is 4.90 Å². The Hall–Kier alpha value is -1.07. The van der Waals surface area contributed by atoms with Gasteiger partial charge in [0.15, 0.2) is 9.84 Å². The molecule has 1 aliphatic rings. The van der Waals surface area contributed by atoms with Crippen LogP contribution in [0.15, 0.2) is 0 Å². The Morgan fingerprint density at radius 2 is 1.52 bits per heavy atom. The van der Waals surface area contributed by atoms with Crippen LogP contribution in [0.2, 0.25) is 0 Å². The summed E-state index contributed by atoms with van der Waals surface area (Å²) in [4.78, 5) is 11.2. The fourth-order valence-corrected chi connectivity index (χ4v) is 3.96. The number of amides is 1. The predicted octanol–water partition coefficient (Wildman–Crippen LogP) is 2.10. The van der Waals surface area contributed by atoms with Crippen molar-refractivity contribution < 1.29 is 43.9 Å². The molecule has 0 unspecified atom stereocenters. The van der Waals surface area contributed by atoms with Crippen molar-refractivity contribution in [3.63, 3.8) is 0 Å². The third kappa shape index (κ3) is 3.56. The van der Waals surface area contributed by atoms with Crippen molar-refractivity contribution in [2.75, 3.05) is 18.8 Å². The number of rotatable bonds is 5. The Bertz CT molecular complexity index is 565. The molecule has 4 nitrogen and oxygen atoms in total. The van der Waals surface area contributed by atoms with E-state index in [1.54, 1.807) is 13.8 Å². The van der Waals surface area contributed by atoms with Crippen molar-refractivity contribution >= 4 is 15.7 Å². The summed E-state index contributed by atoms with van der Waals surface area (Å²) < 4.78 is 111. The van der Waals surface area contributed by atoms with Crippen molar-refractivity contribution in [1.82, 2.24) is 4.90 Å². The van der Waals surface area contributed by atoms with E-state index in [0.29, 0.717) is 0 Å². The number of sulfone groups is 1. The maximum atomic E-state index is 13.2. The second kappa shape index (κ2) is 5.78. The highest BCUT2D eigenvalue weighted by Crippen LogP contribution is 2.47.